The maximum absolute atomic E-state index is 5.60. The molecule has 106 valence electrons. The van der Waals surface area contributed by atoms with Crippen molar-refractivity contribution in [3.63, 3.8) is 0 Å². The van der Waals surface area contributed by atoms with Gasteiger partial charge in [0.15, 0.2) is 5.75 Å². The van der Waals surface area contributed by atoms with Crippen LogP contribution in [-0.4, -0.2) is 42.3 Å². The van der Waals surface area contributed by atoms with Crippen molar-refractivity contribution in [3.05, 3.63) is 35.2 Å². The number of hydrogen-bond acceptors (Lipinski definition) is 6. The van der Waals surface area contributed by atoms with Gasteiger partial charge in [0.1, 0.15) is 0 Å². The molecule has 0 atom stereocenters. The number of halogens is 1. The van der Waals surface area contributed by atoms with Gasteiger partial charge in [-0.3, -0.25) is 0 Å². The van der Waals surface area contributed by atoms with Crippen molar-refractivity contribution < 1.29 is 9.47 Å². The lowest BCUT2D eigenvalue weighted by Gasteiger charge is -2.16. The Morgan fingerprint density at radius 3 is 2.65 bits per heavy atom. The Hall–Kier alpha value is -1.73. The maximum Gasteiger partial charge on any atom is 0.233 e. The van der Waals surface area contributed by atoms with E-state index in [2.05, 4.69) is 30.9 Å². The fourth-order valence-corrected chi connectivity index (χ4v) is 1.78. The zero-order chi connectivity index (χ0) is 14.4. The molecule has 0 radical (unpaired) electrons. The second-order valence-electron chi connectivity index (χ2n) is 4.03. The van der Waals surface area contributed by atoms with Crippen molar-refractivity contribution in [1.82, 2.24) is 15.0 Å². The van der Waals surface area contributed by atoms with Crippen LogP contribution in [0.5, 0.6) is 11.6 Å². The minimum absolute atomic E-state index is 0.483. The summed E-state index contributed by atoms with van der Waals surface area (Å²) in [5, 5.41) is 0. The highest BCUT2D eigenvalue weighted by molar-refractivity contribution is 9.10. The molecule has 0 saturated heterocycles. The third kappa shape index (κ3) is 3.88. The molecule has 2 heterocycles. The van der Waals surface area contributed by atoms with Gasteiger partial charge in [0.25, 0.3) is 0 Å². The van der Waals surface area contributed by atoms with E-state index < -0.39 is 0 Å². The SMILES string of the molecule is COCCN(C)c1ncc(Oc2ncccc2Br)cn1. The first-order valence-corrected chi connectivity index (χ1v) is 6.80. The van der Waals surface area contributed by atoms with Crippen LogP contribution in [-0.2, 0) is 4.74 Å². The van der Waals surface area contributed by atoms with E-state index >= 15 is 0 Å². The Kier molecular flexibility index (Phi) is 5.25. The van der Waals surface area contributed by atoms with Gasteiger partial charge in [-0.15, -0.1) is 0 Å². The molecular formula is C13H15BrN4O2. The van der Waals surface area contributed by atoms with Crippen molar-refractivity contribution in [3.8, 4) is 11.6 Å². The molecule has 0 bridgehead atoms. The molecule has 0 aliphatic carbocycles. The monoisotopic (exact) mass is 338 g/mol. The molecule has 20 heavy (non-hydrogen) atoms. The van der Waals surface area contributed by atoms with Crippen LogP contribution in [0.4, 0.5) is 5.95 Å². The number of anilines is 1. The predicted octanol–water partition coefficient (Wildman–Crippen LogP) is 2.51. The smallest absolute Gasteiger partial charge is 0.233 e. The largest absolute Gasteiger partial charge is 0.435 e. The van der Waals surface area contributed by atoms with E-state index in [1.807, 2.05) is 24.1 Å². The Balaban J connectivity index is 2.03. The number of aromatic nitrogens is 3. The van der Waals surface area contributed by atoms with Crippen LogP contribution in [0, 0.1) is 0 Å². The van der Waals surface area contributed by atoms with Crippen molar-refractivity contribution in [1.29, 1.82) is 0 Å². The molecule has 6 nitrogen and oxygen atoms in total. The summed E-state index contributed by atoms with van der Waals surface area (Å²) in [5.41, 5.74) is 0. The Morgan fingerprint density at radius 1 is 1.25 bits per heavy atom. The van der Waals surface area contributed by atoms with Crippen molar-refractivity contribution in [2.75, 3.05) is 32.2 Å². The maximum atomic E-state index is 5.60. The van der Waals surface area contributed by atoms with Gasteiger partial charge in [-0.05, 0) is 28.1 Å². The lowest BCUT2D eigenvalue weighted by atomic mass is 10.5. The molecule has 0 aliphatic rings. The zero-order valence-corrected chi connectivity index (χ0v) is 12.9. The summed E-state index contributed by atoms with van der Waals surface area (Å²) in [6.07, 6.45) is 4.90. The van der Waals surface area contributed by atoms with Gasteiger partial charge in [0.2, 0.25) is 11.8 Å². The van der Waals surface area contributed by atoms with Gasteiger partial charge in [-0.1, -0.05) is 0 Å². The summed E-state index contributed by atoms with van der Waals surface area (Å²) < 4.78 is 11.4. The van der Waals surface area contributed by atoms with Crippen LogP contribution < -0.4 is 9.64 Å². The van der Waals surface area contributed by atoms with E-state index in [9.17, 15) is 0 Å². The van der Waals surface area contributed by atoms with Gasteiger partial charge in [0.05, 0.1) is 23.5 Å². The van der Waals surface area contributed by atoms with E-state index in [1.165, 1.54) is 0 Å². The second-order valence-corrected chi connectivity index (χ2v) is 4.88. The molecule has 0 aromatic carbocycles. The molecule has 2 aromatic rings. The number of hydrogen-bond donors (Lipinski definition) is 0. The number of rotatable bonds is 6. The van der Waals surface area contributed by atoms with Crippen LogP contribution in [0.15, 0.2) is 35.2 Å². The molecule has 0 N–H and O–H groups in total. The van der Waals surface area contributed by atoms with Crippen LogP contribution >= 0.6 is 15.9 Å². The summed E-state index contributed by atoms with van der Waals surface area (Å²) in [5.74, 6) is 1.64. The highest BCUT2D eigenvalue weighted by Crippen LogP contribution is 2.26. The Morgan fingerprint density at radius 2 is 2.00 bits per heavy atom. The lowest BCUT2D eigenvalue weighted by Crippen LogP contribution is -2.23. The molecule has 0 spiro atoms. The molecule has 0 aliphatic heterocycles. The van der Waals surface area contributed by atoms with Crippen molar-refractivity contribution >= 4 is 21.9 Å². The average Bonchev–Trinajstić information content (AvgIpc) is 2.48. The Labute approximate surface area is 125 Å². The van der Waals surface area contributed by atoms with Crippen molar-refractivity contribution in [2.24, 2.45) is 0 Å². The van der Waals surface area contributed by atoms with E-state index in [4.69, 9.17) is 9.47 Å². The number of likely N-dealkylation sites (N-methyl/N-ethyl adjacent to an activating group) is 1. The van der Waals surface area contributed by atoms with Crippen molar-refractivity contribution in [2.45, 2.75) is 0 Å². The van der Waals surface area contributed by atoms with Crippen LogP contribution in [0.25, 0.3) is 0 Å². The first-order chi connectivity index (χ1) is 9.70. The number of nitrogens with zero attached hydrogens (tertiary/aromatic N) is 4. The highest BCUT2D eigenvalue weighted by atomic mass is 79.9. The van der Waals surface area contributed by atoms with E-state index in [1.54, 1.807) is 25.7 Å². The third-order valence-corrected chi connectivity index (χ3v) is 3.13. The van der Waals surface area contributed by atoms with E-state index in [-0.39, 0.29) is 0 Å². The predicted molar refractivity (Wildman–Crippen MR) is 79.2 cm³/mol. The lowest BCUT2D eigenvalue weighted by molar-refractivity contribution is 0.206. The minimum atomic E-state index is 0.483. The molecule has 2 rings (SSSR count). The van der Waals surface area contributed by atoms with Gasteiger partial charge in [-0.2, -0.15) is 0 Å². The van der Waals surface area contributed by atoms with Crippen LogP contribution in [0.2, 0.25) is 0 Å². The summed E-state index contributed by atoms with van der Waals surface area (Å²) in [6.45, 7) is 1.35. The minimum Gasteiger partial charge on any atom is -0.435 e. The molecule has 0 fully saturated rings. The summed E-state index contributed by atoms with van der Waals surface area (Å²) in [4.78, 5) is 14.5. The van der Waals surface area contributed by atoms with E-state index in [0.29, 0.717) is 24.2 Å². The van der Waals surface area contributed by atoms with Gasteiger partial charge < -0.3 is 14.4 Å². The van der Waals surface area contributed by atoms with Gasteiger partial charge in [-0.25, -0.2) is 15.0 Å². The zero-order valence-electron chi connectivity index (χ0n) is 11.3. The highest BCUT2D eigenvalue weighted by Gasteiger charge is 2.07. The van der Waals surface area contributed by atoms with E-state index in [0.717, 1.165) is 11.0 Å². The fraction of sp³-hybridized carbons (Fsp3) is 0.308. The van der Waals surface area contributed by atoms with Crippen LogP contribution in [0.1, 0.15) is 0 Å². The van der Waals surface area contributed by atoms with Gasteiger partial charge >= 0.3 is 0 Å². The molecule has 7 heteroatoms. The quantitative estimate of drug-likeness (QED) is 0.806. The molecule has 0 unspecified atom stereocenters. The molecule has 0 saturated carbocycles. The number of methoxy groups -OCH3 is 1. The first-order valence-electron chi connectivity index (χ1n) is 6.01. The summed E-state index contributed by atoms with van der Waals surface area (Å²) in [7, 11) is 3.57. The molecule has 2 aromatic heterocycles. The molecule has 0 amide bonds. The molecular weight excluding hydrogens is 324 g/mol. The van der Waals surface area contributed by atoms with Crippen LogP contribution in [0.3, 0.4) is 0 Å². The number of ether oxygens (including phenoxy) is 2. The Bertz CT molecular complexity index is 550. The average molecular weight is 339 g/mol. The summed E-state index contributed by atoms with van der Waals surface area (Å²) >= 11 is 3.37. The standard InChI is InChI=1S/C13H15BrN4O2/c1-18(6-7-19-2)13-16-8-10(9-17-13)20-12-11(14)4-3-5-15-12/h3-5,8-9H,6-7H2,1-2H3. The first kappa shape index (κ1) is 14.7. The topological polar surface area (TPSA) is 60.4 Å². The fourth-order valence-electron chi connectivity index (χ4n) is 1.45. The second kappa shape index (κ2) is 7.16. The third-order valence-electron chi connectivity index (χ3n) is 2.53. The normalized spacial score (nSPS) is 10.3. The summed E-state index contributed by atoms with van der Waals surface area (Å²) in [6, 6.07) is 3.68. The number of pyridine rings is 1. The van der Waals surface area contributed by atoms with Gasteiger partial charge in [0, 0.05) is 26.9 Å².